The van der Waals surface area contributed by atoms with E-state index in [1.54, 1.807) is 14.0 Å². The summed E-state index contributed by atoms with van der Waals surface area (Å²) in [5, 5.41) is 0. The molecule has 0 aromatic heterocycles. The third-order valence-corrected chi connectivity index (χ3v) is 2.76. The third kappa shape index (κ3) is 3.74. The van der Waals surface area contributed by atoms with Crippen molar-refractivity contribution < 1.29 is 14.3 Å². The number of nitrogens with two attached hydrogens (primary N) is 1. The zero-order chi connectivity index (χ0) is 13.7. The molecule has 2 N–H and O–H groups in total. The number of esters is 1. The van der Waals surface area contributed by atoms with E-state index in [0.717, 1.165) is 22.4 Å². The minimum atomic E-state index is -0.578. The molecular formula is C14H21NO3. The number of hydrogen-bond donors (Lipinski definition) is 1. The summed E-state index contributed by atoms with van der Waals surface area (Å²) in [6, 6.07) is 3.49. The lowest BCUT2D eigenvalue weighted by molar-refractivity contribution is -0.144. The van der Waals surface area contributed by atoms with Crippen molar-refractivity contribution in [3.8, 4) is 5.75 Å². The van der Waals surface area contributed by atoms with Gasteiger partial charge >= 0.3 is 5.97 Å². The van der Waals surface area contributed by atoms with Gasteiger partial charge in [-0.25, -0.2) is 0 Å². The Morgan fingerprint density at radius 2 is 2.06 bits per heavy atom. The van der Waals surface area contributed by atoms with Crippen molar-refractivity contribution in [2.75, 3.05) is 13.7 Å². The van der Waals surface area contributed by atoms with E-state index in [2.05, 4.69) is 6.07 Å². The van der Waals surface area contributed by atoms with Crippen LogP contribution in [0.5, 0.6) is 5.75 Å². The molecule has 100 valence electrons. The smallest absolute Gasteiger partial charge is 0.322 e. The standard InChI is InChI=1S/C14H21NO3/c1-9-7-10(2)12(13(8-9)17-4)5-6-18-14(16)11(3)15/h7-8,11H,5-6,15H2,1-4H3. The molecule has 1 rings (SSSR count). The van der Waals surface area contributed by atoms with Gasteiger partial charge in [-0.05, 0) is 38.0 Å². The molecule has 4 nitrogen and oxygen atoms in total. The van der Waals surface area contributed by atoms with E-state index >= 15 is 0 Å². The van der Waals surface area contributed by atoms with Crippen LogP contribution in [0.1, 0.15) is 23.6 Å². The topological polar surface area (TPSA) is 61.5 Å². The molecule has 0 aliphatic heterocycles. The first-order valence-corrected chi connectivity index (χ1v) is 6.02. The Bertz CT molecular complexity index is 427. The van der Waals surface area contributed by atoms with Crippen LogP contribution in [-0.2, 0) is 16.0 Å². The zero-order valence-corrected chi connectivity index (χ0v) is 11.4. The van der Waals surface area contributed by atoms with Gasteiger partial charge in [0.2, 0.25) is 0 Å². The Labute approximate surface area is 108 Å². The molecule has 0 saturated heterocycles. The number of hydrogen-bond acceptors (Lipinski definition) is 4. The van der Waals surface area contributed by atoms with Crippen molar-refractivity contribution in [2.45, 2.75) is 33.2 Å². The third-order valence-electron chi connectivity index (χ3n) is 2.76. The molecule has 0 saturated carbocycles. The van der Waals surface area contributed by atoms with Crippen molar-refractivity contribution >= 4 is 5.97 Å². The van der Waals surface area contributed by atoms with Crippen LogP contribution in [0, 0.1) is 13.8 Å². The van der Waals surface area contributed by atoms with Gasteiger partial charge in [0.05, 0.1) is 13.7 Å². The minimum Gasteiger partial charge on any atom is -0.496 e. The van der Waals surface area contributed by atoms with Crippen molar-refractivity contribution in [1.29, 1.82) is 0 Å². The maximum atomic E-state index is 11.2. The van der Waals surface area contributed by atoms with Crippen LogP contribution in [0.25, 0.3) is 0 Å². The molecule has 4 heteroatoms. The molecule has 0 heterocycles. The largest absolute Gasteiger partial charge is 0.496 e. The highest BCUT2D eigenvalue weighted by Crippen LogP contribution is 2.24. The molecule has 0 amide bonds. The number of methoxy groups -OCH3 is 1. The van der Waals surface area contributed by atoms with E-state index in [9.17, 15) is 4.79 Å². The number of ether oxygens (including phenoxy) is 2. The molecule has 1 atom stereocenters. The first-order chi connectivity index (χ1) is 8.45. The van der Waals surface area contributed by atoms with E-state index in [1.807, 2.05) is 19.9 Å². The lowest BCUT2D eigenvalue weighted by atomic mass is 10.0. The van der Waals surface area contributed by atoms with E-state index in [-0.39, 0.29) is 5.97 Å². The predicted octanol–water partition coefficient (Wildman–Crippen LogP) is 1.74. The highest BCUT2D eigenvalue weighted by Gasteiger charge is 2.11. The van der Waals surface area contributed by atoms with Crippen LogP contribution >= 0.6 is 0 Å². The molecule has 1 unspecified atom stereocenters. The molecule has 0 aliphatic rings. The fourth-order valence-corrected chi connectivity index (χ4v) is 1.85. The van der Waals surface area contributed by atoms with Gasteiger partial charge in [-0.2, -0.15) is 0 Å². The molecule has 18 heavy (non-hydrogen) atoms. The van der Waals surface area contributed by atoms with E-state index in [4.69, 9.17) is 15.2 Å². The maximum Gasteiger partial charge on any atom is 0.322 e. The molecule has 0 spiro atoms. The number of carbonyl (C=O) groups excluding carboxylic acids is 1. The monoisotopic (exact) mass is 251 g/mol. The summed E-state index contributed by atoms with van der Waals surface area (Å²) in [5.74, 6) is 0.461. The number of aryl methyl sites for hydroxylation is 2. The molecule has 0 fully saturated rings. The average Bonchev–Trinajstić information content (AvgIpc) is 2.30. The second-order valence-corrected chi connectivity index (χ2v) is 4.47. The zero-order valence-electron chi connectivity index (χ0n) is 11.4. The van der Waals surface area contributed by atoms with Crippen LogP contribution in [0.3, 0.4) is 0 Å². The van der Waals surface area contributed by atoms with Gasteiger partial charge in [-0.1, -0.05) is 6.07 Å². The van der Waals surface area contributed by atoms with Gasteiger partial charge < -0.3 is 15.2 Å². The van der Waals surface area contributed by atoms with E-state index < -0.39 is 6.04 Å². The lowest BCUT2D eigenvalue weighted by Crippen LogP contribution is -2.29. The molecule has 1 aromatic rings. The molecular weight excluding hydrogens is 230 g/mol. The number of rotatable bonds is 5. The normalized spacial score (nSPS) is 12.1. The Morgan fingerprint density at radius 3 is 2.61 bits per heavy atom. The van der Waals surface area contributed by atoms with Crippen LogP contribution in [-0.4, -0.2) is 25.7 Å². The van der Waals surface area contributed by atoms with Crippen molar-refractivity contribution in [3.05, 3.63) is 28.8 Å². The van der Waals surface area contributed by atoms with Crippen LogP contribution in [0.2, 0.25) is 0 Å². The van der Waals surface area contributed by atoms with Gasteiger partial charge in [-0.3, -0.25) is 4.79 Å². The van der Waals surface area contributed by atoms with Crippen molar-refractivity contribution in [3.63, 3.8) is 0 Å². The SMILES string of the molecule is COc1cc(C)cc(C)c1CCOC(=O)C(C)N. The molecule has 1 aromatic carbocycles. The second kappa shape index (κ2) is 6.40. The second-order valence-electron chi connectivity index (χ2n) is 4.47. The summed E-state index contributed by atoms with van der Waals surface area (Å²) < 4.78 is 10.4. The Morgan fingerprint density at radius 1 is 1.39 bits per heavy atom. The van der Waals surface area contributed by atoms with Gasteiger partial charge in [0.15, 0.2) is 0 Å². The molecule has 0 radical (unpaired) electrons. The van der Waals surface area contributed by atoms with Gasteiger partial charge in [0.1, 0.15) is 11.8 Å². The summed E-state index contributed by atoms with van der Waals surface area (Å²) in [4.78, 5) is 11.2. The number of benzene rings is 1. The lowest BCUT2D eigenvalue weighted by Gasteiger charge is -2.13. The number of carbonyl (C=O) groups is 1. The average molecular weight is 251 g/mol. The Kier molecular flexibility index (Phi) is 5.16. The maximum absolute atomic E-state index is 11.2. The van der Waals surface area contributed by atoms with E-state index in [1.165, 1.54) is 0 Å². The minimum absolute atomic E-state index is 0.320. The van der Waals surface area contributed by atoms with Crippen molar-refractivity contribution in [2.24, 2.45) is 5.73 Å². The Hall–Kier alpha value is -1.55. The highest BCUT2D eigenvalue weighted by atomic mass is 16.5. The summed E-state index contributed by atoms with van der Waals surface area (Å²) in [5.41, 5.74) is 8.79. The van der Waals surface area contributed by atoms with Gasteiger partial charge in [-0.15, -0.1) is 0 Å². The summed E-state index contributed by atoms with van der Waals surface area (Å²) in [6.45, 7) is 5.98. The van der Waals surface area contributed by atoms with Gasteiger partial charge in [0.25, 0.3) is 0 Å². The van der Waals surface area contributed by atoms with Crippen LogP contribution in [0.15, 0.2) is 12.1 Å². The summed E-state index contributed by atoms with van der Waals surface area (Å²) in [7, 11) is 1.64. The van der Waals surface area contributed by atoms with Gasteiger partial charge in [0, 0.05) is 12.0 Å². The Balaban J connectivity index is 2.70. The summed E-state index contributed by atoms with van der Waals surface area (Å²) in [6.07, 6.45) is 0.633. The molecule has 0 bridgehead atoms. The fraction of sp³-hybridized carbons (Fsp3) is 0.500. The van der Waals surface area contributed by atoms with Crippen LogP contribution in [0.4, 0.5) is 0 Å². The predicted molar refractivity (Wildman–Crippen MR) is 70.8 cm³/mol. The summed E-state index contributed by atoms with van der Waals surface area (Å²) >= 11 is 0. The molecule has 0 aliphatic carbocycles. The quantitative estimate of drug-likeness (QED) is 0.810. The first kappa shape index (κ1) is 14.5. The fourth-order valence-electron chi connectivity index (χ4n) is 1.85. The van der Waals surface area contributed by atoms with Crippen molar-refractivity contribution in [1.82, 2.24) is 0 Å². The van der Waals surface area contributed by atoms with E-state index in [0.29, 0.717) is 13.0 Å². The first-order valence-electron chi connectivity index (χ1n) is 6.02. The highest BCUT2D eigenvalue weighted by molar-refractivity contribution is 5.74. The van der Waals surface area contributed by atoms with Crippen LogP contribution < -0.4 is 10.5 Å².